The number of nitrogens with one attached hydrogen (secondary N) is 1. The summed E-state index contributed by atoms with van der Waals surface area (Å²) >= 11 is 0. The van der Waals surface area contributed by atoms with Crippen LogP contribution >= 0.6 is 0 Å². The molecular weight excluding hydrogens is 234 g/mol. The molecular formula is C17H19NO. The van der Waals surface area contributed by atoms with Crippen molar-refractivity contribution in [3.05, 3.63) is 66.2 Å². The molecule has 3 rings (SSSR count). The Hall–Kier alpha value is -1.80. The van der Waals surface area contributed by atoms with E-state index in [4.69, 9.17) is 4.74 Å². The standard InChI is InChI=1S/C17H19NO/c1-3-7-14(8-4-1)16-13-17(16)18-11-12-19-15-9-5-2-6-10-15/h1-10,16-18H,11-13H2. The predicted molar refractivity (Wildman–Crippen MR) is 77.5 cm³/mol. The summed E-state index contributed by atoms with van der Waals surface area (Å²) in [6.07, 6.45) is 1.25. The van der Waals surface area contributed by atoms with Crippen molar-refractivity contribution >= 4 is 0 Å². The van der Waals surface area contributed by atoms with Crippen LogP contribution in [0.15, 0.2) is 60.7 Å². The number of benzene rings is 2. The van der Waals surface area contributed by atoms with Gasteiger partial charge in [0.25, 0.3) is 0 Å². The van der Waals surface area contributed by atoms with E-state index in [0.717, 1.165) is 18.9 Å². The zero-order valence-corrected chi connectivity index (χ0v) is 11.0. The van der Waals surface area contributed by atoms with E-state index in [2.05, 4.69) is 35.6 Å². The van der Waals surface area contributed by atoms with Gasteiger partial charge < -0.3 is 10.1 Å². The lowest BCUT2D eigenvalue weighted by Gasteiger charge is -2.07. The average molecular weight is 253 g/mol. The second-order valence-electron chi connectivity index (χ2n) is 4.98. The van der Waals surface area contributed by atoms with Gasteiger partial charge >= 0.3 is 0 Å². The first-order chi connectivity index (χ1) is 9.43. The molecule has 1 saturated carbocycles. The van der Waals surface area contributed by atoms with Crippen molar-refractivity contribution in [3.8, 4) is 5.75 Å². The fraction of sp³-hybridized carbons (Fsp3) is 0.294. The van der Waals surface area contributed by atoms with Crippen LogP contribution in [0, 0.1) is 0 Å². The smallest absolute Gasteiger partial charge is 0.119 e. The number of para-hydroxylation sites is 1. The topological polar surface area (TPSA) is 21.3 Å². The highest BCUT2D eigenvalue weighted by Gasteiger charge is 2.37. The third-order valence-electron chi connectivity index (χ3n) is 3.54. The Morgan fingerprint density at radius 2 is 1.63 bits per heavy atom. The maximum absolute atomic E-state index is 5.66. The molecule has 0 heterocycles. The Bertz CT molecular complexity index is 497. The lowest BCUT2D eigenvalue weighted by molar-refractivity contribution is 0.313. The normalized spacial score (nSPS) is 21.1. The number of ether oxygens (including phenoxy) is 1. The van der Waals surface area contributed by atoms with E-state index >= 15 is 0 Å². The Balaban J connectivity index is 1.36. The Labute approximate surface area is 114 Å². The molecule has 1 fully saturated rings. The van der Waals surface area contributed by atoms with Crippen LogP contribution in [0.2, 0.25) is 0 Å². The van der Waals surface area contributed by atoms with Crippen molar-refractivity contribution in [3.63, 3.8) is 0 Å². The molecule has 2 unspecified atom stereocenters. The van der Waals surface area contributed by atoms with Crippen molar-refractivity contribution in [2.45, 2.75) is 18.4 Å². The summed E-state index contributed by atoms with van der Waals surface area (Å²) in [5.41, 5.74) is 1.45. The molecule has 1 N–H and O–H groups in total. The van der Waals surface area contributed by atoms with Crippen LogP contribution in [0.3, 0.4) is 0 Å². The van der Waals surface area contributed by atoms with Crippen molar-refractivity contribution in [2.24, 2.45) is 0 Å². The maximum atomic E-state index is 5.66. The van der Waals surface area contributed by atoms with E-state index in [9.17, 15) is 0 Å². The van der Waals surface area contributed by atoms with Gasteiger partial charge in [0.2, 0.25) is 0 Å². The molecule has 0 amide bonds. The van der Waals surface area contributed by atoms with Gasteiger partial charge in [-0.1, -0.05) is 48.5 Å². The van der Waals surface area contributed by atoms with Gasteiger partial charge in [0.05, 0.1) is 0 Å². The van der Waals surface area contributed by atoms with Gasteiger partial charge in [-0.25, -0.2) is 0 Å². The molecule has 2 nitrogen and oxygen atoms in total. The van der Waals surface area contributed by atoms with Gasteiger partial charge in [-0.2, -0.15) is 0 Å². The monoisotopic (exact) mass is 253 g/mol. The van der Waals surface area contributed by atoms with E-state index in [1.54, 1.807) is 0 Å². The molecule has 0 aromatic heterocycles. The first-order valence-electron chi connectivity index (χ1n) is 6.89. The molecule has 19 heavy (non-hydrogen) atoms. The first-order valence-corrected chi connectivity index (χ1v) is 6.89. The van der Waals surface area contributed by atoms with Crippen molar-refractivity contribution in [1.29, 1.82) is 0 Å². The molecule has 0 spiro atoms. The molecule has 2 atom stereocenters. The van der Waals surface area contributed by atoms with E-state index < -0.39 is 0 Å². The largest absolute Gasteiger partial charge is 0.492 e. The highest BCUT2D eigenvalue weighted by molar-refractivity contribution is 5.27. The Morgan fingerprint density at radius 3 is 2.37 bits per heavy atom. The van der Waals surface area contributed by atoms with Gasteiger partial charge in [0.1, 0.15) is 12.4 Å². The molecule has 0 bridgehead atoms. The summed E-state index contributed by atoms with van der Waals surface area (Å²) < 4.78 is 5.66. The van der Waals surface area contributed by atoms with Crippen molar-refractivity contribution < 1.29 is 4.74 Å². The van der Waals surface area contributed by atoms with Crippen LogP contribution in [0.25, 0.3) is 0 Å². The minimum atomic E-state index is 0.627. The fourth-order valence-corrected chi connectivity index (χ4v) is 2.42. The van der Waals surface area contributed by atoms with Crippen molar-refractivity contribution in [1.82, 2.24) is 5.32 Å². The molecule has 1 aliphatic carbocycles. The number of hydrogen-bond acceptors (Lipinski definition) is 2. The first kappa shape index (κ1) is 12.2. The molecule has 98 valence electrons. The quantitative estimate of drug-likeness (QED) is 0.798. The van der Waals surface area contributed by atoms with Gasteiger partial charge in [0, 0.05) is 18.5 Å². The maximum Gasteiger partial charge on any atom is 0.119 e. The summed E-state index contributed by atoms with van der Waals surface area (Å²) in [7, 11) is 0. The molecule has 2 aromatic rings. The van der Waals surface area contributed by atoms with Crippen LogP contribution < -0.4 is 10.1 Å². The third-order valence-corrected chi connectivity index (χ3v) is 3.54. The zero-order chi connectivity index (χ0) is 12.9. The number of hydrogen-bond donors (Lipinski definition) is 1. The van der Waals surface area contributed by atoms with E-state index in [1.807, 2.05) is 30.3 Å². The Morgan fingerprint density at radius 1 is 0.947 bits per heavy atom. The van der Waals surface area contributed by atoms with Crippen LogP contribution in [-0.2, 0) is 0 Å². The van der Waals surface area contributed by atoms with Gasteiger partial charge in [-0.3, -0.25) is 0 Å². The van der Waals surface area contributed by atoms with Gasteiger partial charge in [-0.05, 0) is 24.1 Å². The minimum absolute atomic E-state index is 0.627. The molecule has 1 aliphatic rings. The molecule has 0 radical (unpaired) electrons. The highest BCUT2D eigenvalue weighted by Crippen LogP contribution is 2.40. The Kier molecular flexibility index (Phi) is 3.80. The highest BCUT2D eigenvalue weighted by atomic mass is 16.5. The fourth-order valence-electron chi connectivity index (χ4n) is 2.42. The third kappa shape index (κ3) is 3.36. The SMILES string of the molecule is c1ccc(OCCNC2CC2c2ccccc2)cc1. The van der Waals surface area contributed by atoms with E-state index in [0.29, 0.717) is 12.0 Å². The van der Waals surface area contributed by atoms with Crippen molar-refractivity contribution in [2.75, 3.05) is 13.2 Å². The second-order valence-corrected chi connectivity index (χ2v) is 4.98. The summed E-state index contributed by atoms with van der Waals surface area (Å²) in [6, 6.07) is 21.3. The lowest BCUT2D eigenvalue weighted by Crippen LogP contribution is -2.24. The molecule has 2 aromatic carbocycles. The van der Waals surface area contributed by atoms with E-state index in [1.165, 1.54) is 12.0 Å². The van der Waals surface area contributed by atoms with Crippen LogP contribution in [0.4, 0.5) is 0 Å². The molecule has 2 heteroatoms. The van der Waals surface area contributed by atoms with E-state index in [-0.39, 0.29) is 0 Å². The zero-order valence-electron chi connectivity index (χ0n) is 11.0. The summed E-state index contributed by atoms with van der Waals surface area (Å²) in [5.74, 6) is 1.64. The summed E-state index contributed by atoms with van der Waals surface area (Å²) in [4.78, 5) is 0. The predicted octanol–water partition coefficient (Wildman–Crippen LogP) is 3.21. The minimum Gasteiger partial charge on any atom is -0.492 e. The summed E-state index contributed by atoms with van der Waals surface area (Å²) in [6.45, 7) is 1.63. The van der Waals surface area contributed by atoms with Crippen LogP contribution in [0.5, 0.6) is 5.75 Å². The molecule has 0 saturated heterocycles. The second kappa shape index (κ2) is 5.89. The van der Waals surface area contributed by atoms with Crippen LogP contribution in [-0.4, -0.2) is 19.2 Å². The van der Waals surface area contributed by atoms with Gasteiger partial charge in [0.15, 0.2) is 0 Å². The number of rotatable bonds is 6. The average Bonchev–Trinajstić information content (AvgIpc) is 3.25. The lowest BCUT2D eigenvalue weighted by atomic mass is 10.1. The van der Waals surface area contributed by atoms with Crippen LogP contribution in [0.1, 0.15) is 17.9 Å². The summed E-state index contributed by atoms with van der Waals surface area (Å²) in [5, 5.41) is 3.55. The molecule has 0 aliphatic heterocycles. The van der Waals surface area contributed by atoms with Gasteiger partial charge in [-0.15, -0.1) is 0 Å².